The molecule has 0 radical (unpaired) electrons. The van der Waals surface area contributed by atoms with E-state index in [0.29, 0.717) is 10.6 Å². The number of hydrogen-bond acceptors (Lipinski definition) is 5. The van der Waals surface area contributed by atoms with Crippen molar-refractivity contribution in [2.75, 3.05) is 11.9 Å². The van der Waals surface area contributed by atoms with E-state index in [4.69, 9.17) is 22.0 Å². The number of hydrogen-bond donors (Lipinski definition) is 3. The van der Waals surface area contributed by atoms with Gasteiger partial charge >= 0.3 is 18.3 Å². The molecule has 0 saturated heterocycles. The summed E-state index contributed by atoms with van der Waals surface area (Å²) in [6.07, 6.45) is -9.84. The summed E-state index contributed by atoms with van der Waals surface area (Å²) in [4.78, 5) is 25.8. The third kappa shape index (κ3) is 9.26. The maximum Gasteiger partial charge on any atom is 0.417 e. The van der Waals surface area contributed by atoms with Gasteiger partial charge in [-0.3, -0.25) is 14.6 Å². The number of amides is 1. The molecule has 0 aliphatic rings. The minimum absolute atomic E-state index is 0.0449. The van der Waals surface area contributed by atoms with Gasteiger partial charge in [0.05, 0.1) is 17.3 Å². The van der Waals surface area contributed by atoms with Crippen LogP contribution in [0.25, 0.3) is 17.2 Å². The van der Waals surface area contributed by atoms with Crippen molar-refractivity contribution in [1.29, 1.82) is 5.26 Å². The molecule has 3 aromatic carbocycles. The van der Waals surface area contributed by atoms with E-state index in [1.54, 1.807) is 23.5 Å². The van der Waals surface area contributed by atoms with Crippen LogP contribution in [0.15, 0.2) is 54.0 Å². The molecule has 0 fully saturated rings. The van der Waals surface area contributed by atoms with Crippen molar-refractivity contribution >= 4 is 47.6 Å². The van der Waals surface area contributed by atoms with Crippen molar-refractivity contribution in [3.8, 4) is 17.2 Å². The minimum atomic E-state index is -5.80. The van der Waals surface area contributed by atoms with Crippen molar-refractivity contribution < 1.29 is 49.8 Å². The van der Waals surface area contributed by atoms with Crippen LogP contribution < -0.4 is 10.6 Å². The van der Waals surface area contributed by atoms with Crippen molar-refractivity contribution in [2.24, 2.45) is 4.99 Å². The van der Waals surface area contributed by atoms with Crippen LogP contribution in [0.3, 0.4) is 0 Å². The van der Waals surface area contributed by atoms with E-state index in [-0.39, 0.29) is 12.1 Å². The van der Waals surface area contributed by atoms with Gasteiger partial charge in [0.1, 0.15) is 23.7 Å². The van der Waals surface area contributed by atoms with Crippen LogP contribution in [0.1, 0.15) is 27.0 Å². The first-order valence-corrected chi connectivity index (χ1v) is 12.5. The van der Waals surface area contributed by atoms with E-state index in [9.17, 15) is 44.7 Å². The maximum absolute atomic E-state index is 13.7. The Morgan fingerprint density at radius 3 is 2.04 bits per heavy atom. The highest BCUT2D eigenvalue weighted by Gasteiger charge is 2.57. The molecule has 7 nitrogen and oxygen atoms in total. The zero-order valence-corrected chi connectivity index (χ0v) is 23.6. The largest absolute Gasteiger partial charge is 0.480 e. The lowest BCUT2D eigenvalue weighted by Crippen LogP contribution is -2.48. The van der Waals surface area contributed by atoms with E-state index in [0.717, 1.165) is 33.3 Å². The van der Waals surface area contributed by atoms with Gasteiger partial charge in [-0.2, -0.15) is 31.6 Å². The standard InChI is InChI=1S/C17H13ClN2.C12H8F8N2O3/c1-4-13-11(2)5-7-15(17(13)20-3)14-8-6-12(10-19)9-16(14)18;13-5-1-4(22-10(11(15,16)17)12(18,19)20)2-6(14)8(5)9(25)21-3-7(23)24/h4-9H,1,3H2,2H3;1-2,10,22H,3H2,(H,21,25)(H,23,24). The molecule has 0 atom stereocenters. The molecule has 3 N–H and O–H groups in total. The molecule has 0 aliphatic heterocycles. The minimum Gasteiger partial charge on any atom is -0.480 e. The fourth-order valence-electron chi connectivity index (χ4n) is 3.79. The number of carbonyl (C=O) groups excluding carboxylic acids is 1. The molecule has 0 aliphatic carbocycles. The summed E-state index contributed by atoms with van der Waals surface area (Å²) in [7, 11) is 0. The van der Waals surface area contributed by atoms with Crippen LogP contribution in [-0.2, 0) is 4.79 Å². The Hall–Kier alpha value is -4.97. The summed E-state index contributed by atoms with van der Waals surface area (Å²) in [5.41, 5.74) is 2.45. The van der Waals surface area contributed by atoms with Gasteiger partial charge in [-0.15, -0.1) is 0 Å². The molecule has 1 amide bonds. The summed E-state index contributed by atoms with van der Waals surface area (Å²) >= 11 is 6.27. The number of halogens is 9. The number of alkyl halides is 6. The van der Waals surface area contributed by atoms with Crippen molar-refractivity contribution in [2.45, 2.75) is 25.3 Å². The van der Waals surface area contributed by atoms with Crippen LogP contribution in [-0.4, -0.2) is 48.6 Å². The molecular formula is C29H21ClF8N4O3. The molecule has 0 bridgehead atoms. The first-order valence-electron chi connectivity index (χ1n) is 12.2. The predicted molar refractivity (Wildman–Crippen MR) is 151 cm³/mol. The molecule has 45 heavy (non-hydrogen) atoms. The second kappa shape index (κ2) is 14.7. The van der Waals surface area contributed by atoms with E-state index in [1.165, 1.54) is 0 Å². The molecule has 3 aromatic rings. The van der Waals surface area contributed by atoms with E-state index in [1.807, 2.05) is 25.1 Å². The van der Waals surface area contributed by atoms with Gasteiger partial charge in [-0.05, 0) is 43.5 Å². The first kappa shape index (κ1) is 36.2. The van der Waals surface area contributed by atoms with Crippen LogP contribution in [0.4, 0.5) is 46.5 Å². The fourth-order valence-corrected chi connectivity index (χ4v) is 4.07. The summed E-state index contributed by atoms with van der Waals surface area (Å²) in [5, 5.41) is 20.2. The molecule has 0 heterocycles. The molecule has 0 unspecified atom stereocenters. The third-order valence-corrected chi connectivity index (χ3v) is 6.13. The number of carbonyl (C=O) groups is 2. The zero-order valence-electron chi connectivity index (χ0n) is 22.9. The number of rotatable bonds is 8. The third-order valence-electron chi connectivity index (χ3n) is 5.82. The van der Waals surface area contributed by atoms with Crippen LogP contribution in [0.5, 0.6) is 0 Å². The normalized spacial score (nSPS) is 11.2. The molecule has 238 valence electrons. The van der Waals surface area contributed by atoms with Gasteiger partial charge in [0.2, 0.25) is 6.04 Å². The number of carboxylic acids is 1. The first-order chi connectivity index (χ1) is 20.8. The van der Waals surface area contributed by atoms with Gasteiger partial charge in [0.25, 0.3) is 5.91 Å². The predicted octanol–water partition coefficient (Wildman–Crippen LogP) is 7.85. The van der Waals surface area contributed by atoms with E-state index < -0.39 is 59.7 Å². The topological polar surface area (TPSA) is 115 Å². The number of nitrogens with zero attached hydrogens (tertiary/aromatic N) is 2. The second-order valence-electron chi connectivity index (χ2n) is 8.91. The fraction of sp³-hybridized carbons (Fsp3) is 0.172. The Bertz CT molecular complexity index is 1630. The van der Waals surface area contributed by atoms with Crippen molar-refractivity contribution in [1.82, 2.24) is 5.32 Å². The van der Waals surface area contributed by atoms with Crippen LogP contribution in [0, 0.1) is 29.9 Å². The smallest absolute Gasteiger partial charge is 0.417 e. The number of nitrogens with one attached hydrogen (secondary N) is 2. The number of aliphatic imine (C=N–C) groups is 1. The highest BCUT2D eigenvalue weighted by molar-refractivity contribution is 6.33. The van der Waals surface area contributed by atoms with Gasteiger partial charge in [-0.25, -0.2) is 8.78 Å². The van der Waals surface area contributed by atoms with Crippen LogP contribution in [0.2, 0.25) is 5.02 Å². The van der Waals surface area contributed by atoms with E-state index >= 15 is 0 Å². The number of nitriles is 1. The number of anilines is 1. The molecular weight excluding hydrogens is 640 g/mol. The molecule has 3 rings (SSSR count). The van der Waals surface area contributed by atoms with Gasteiger partial charge in [0.15, 0.2) is 0 Å². The summed E-state index contributed by atoms with van der Waals surface area (Å²) in [6.45, 7) is 8.44. The van der Waals surface area contributed by atoms with Gasteiger partial charge < -0.3 is 15.7 Å². The number of benzene rings is 3. The highest BCUT2D eigenvalue weighted by Crippen LogP contribution is 2.39. The average Bonchev–Trinajstić information content (AvgIpc) is 2.93. The van der Waals surface area contributed by atoms with Gasteiger partial charge in [0, 0.05) is 27.4 Å². The number of aryl methyl sites for hydroxylation is 1. The van der Waals surface area contributed by atoms with Crippen molar-refractivity contribution in [3.63, 3.8) is 0 Å². The number of carboxylic acid groups (broad SMARTS) is 1. The summed E-state index contributed by atoms with van der Waals surface area (Å²) < 4.78 is 102. The Morgan fingerprint density at radius 1 is 1.04 bits per heavy atom. The summed E-state index contributed by atoms with van der Waals surface area (Å²) in [5.74, 6) is -6.67. The Labute approximate surface area is 255 Å². The highest BCUT2D eigenvalue weighted by atomic mass is 35.5. The lowest BCUT2D eigenvalue weighted by atomic mass is 9.96. The lowest BCUT2D eigenvalue weighted by Gasteiger charge is -2.25. The molecule has 0 aromatic heterocycles. The monoisotopic (exact) mass is 660 g/mol. The number of aliphatic carboxylic acids is 1. The Morgan fingerprint density at radius 2 is 1.60 bits per heavy atom. The molecule has 0 spiro atoms. The van der Waals surface area contributed by atoms with Crippen molar-refractivity contribution in [3.05, 3.63) is 88.0 Å². The SMILES string of the molecule is C=Cc1c(C)ccc(-c2ccc(C#N)cc2Cl)c1N=C.O=C(O)CNC(=O)c1c(F)cc(NC(C(F)(F)F)C(F)(F)F)cc1F. The lowest BCUT2D eigenvalue weighted by molar-refractivity contribution is -0.242. The summed E-state index contributed by atoms with van der Waals surface area (Å²) in [6, 6.07) is 7.24. The van der Waals surface area contributed by atoms with Gasteiger partial charge in [-0.1, -0.05) is 42.5 Å². The zero-order chi connectivity index (χ0) is 34.3. The Kier molecular flexibility index (Phi) is 11.8. The second-order valence-corrected chi connectivity index (χ2v) is 9.32. The Balaban J connectivity index is 0.000000320. The maximum atomic E-state index is 13.7. The van der Waals surface area contributed by atoms with E-state index in [2.05, 4.69) is 24.4 Å². The average molecular weight is 661 g/mol. The van der Waals surface area contributed by atoms with Crippen LogP contribution >= 0.6 is 11.6 Å². The molecule has 0 saturated carbocycles. The molecule has 16 heteroatoms. The quantitative estimate of drug-likeness (QED) is 0.168.